The molecule has 0 bridgehead atoms. The predicted molar refractivity (Wildman–Crippen MR) is 103 cm³/mol. The molecule has 0 saturated heterocycles. The van der Waals surface area contributed by atoms with E-state index in [1.807, 2.05) is 47.8 Å². The lowest BCUT2D eigenvalue weighted by Crippen LogP contribution is -2.25. The Kier molecular flexibility index (Phi) is 4.47. The molecule has 1 amide bonds. The van der Waals surface area contributed by atoms with Gasteiger partial charge >= 0.3 is 0 Å². The number of fused-ring (bicyclic) bond motifs is 2. The molecule has 3 aromatic heterocycles. The summed E-state index contributed by atoms with van der Waals surface area (Å²) in [6.07, 6.45) is 2.87. The van der Waals surface area contributed by atoms with Crippen molar-refractivity contribution in [1.29, 1.82) is 0 Å². The van der Waals surface area contributed by atoms with Gasteiger partial charge in [-0.25, -0.2) is 9.97 Å². The zero-order chi connectivity index (χ0) is 18.3. The molecule has 0 fully saturated rings. The van der Waals surface area contributed by atoms with Crippen molar-refractivity contribution in [2.24, 2.45) is 0 Å². The van der Waals surface area contributed by atoms with E-state index in [1.54, 1.807) is 11.3 Å². The van der Waals surface area contributed by atoms with Crippen molar-refractivity contribution in [3.63, 3.8) is 0 Å². The summed E-state index contributed by atoms with van der Waals surface area (Å²) in [7, 11) is 6.07. The highest BCUT2D eigenvalue weighted by Gasteiger charge is 2.23. The predicted octanol–water partition coefficient (Wildman–Crippen LogP) is 2.09. The number of amides is 1. The van der Waals surface area contributed by atoms with E-state index in [4.69, 9.17) is 0 Å². The van der Waals surface area contributed by atoms with Crippen molar-refractivity contribution in [2.45, 2.75) is 19.5 Å². The lowest BCUT2D eigenvalue weighted by atomic mass is 10.2. The van der Waals surface area contributed by atoms with Crippen LogP contribution in [0.25, 0.3) is 5.65 Å². The van der Waals surface area contributed by atoms with Gasteiger partial charge in [-0.3, -0.25) is 10.1 Å². The van der Waals surface area contributed by atoms with Crippen molar-refractivity contribution < 1.29 is 4.79 Å². The normalized spacial score (nSPS) is 14.8. The summed E-state index contributed by atoms with van der Waals surface area (Å²) in [5, 5.41) is 3.62. The fourth-order valence-electron chi connectivity index (χ4n) is 3.21. The second-order valence-corrected chi connectivity index (χ2v) is 7.99. The monoisotopic (exact) mass is 370 g/mol. The Balaban J connectivity index is 1.64. The molecule has 26 heavy (non-hydrogen) atoms. The average Bonchev–Trinajstić information content (AvgIpc) is 3.15. The number of hydrogen-bond donors (Lipinski definition) is 1. The number of imidazole rings is 1. The first-order valence-electron chi connectivity index (χ1n) is 8.60. The quantitative estimate of drug-likeness (QED) is 0.762. The standard InChI is InChI=1S/C18H22N6OS/c1-22(2)10-13-16(20-15-6-4-5-8-24(13)15)17(25)21-18-19-12-7-9-23(3)11-14(12)26-18/h4-6,8H,7,9-11H2,1-3H3,(H,19,21,25). The molecular formula is C18H22N6OS. The number of rotatable bonds is 4. The summed E-state index contributed by atoms with van der Waals surface area (Å²) in [6, 6.07) is 5.78. The minimum absolute atomic E-state index is 0.204. The van der Waals surface area contributed by atoms with Gasteiger partial charge in [0, 0.05) is 37.1 Å². The van der Waals surface area contributed by atoms with Crippen LogP contribution in [0, 0.1) is 0 Å². The fraction of sp³-hybridized carbons (Fsp3) is 0.389. The molecule has 0 unspecified atom stereocenters. The van der Waals surface area contributed by atoms with Crippen LogP contribution in [0.2, 0.25) is 0 Å². The first-order chi connectivity index (χ1) is 12.5. The molecular weight excluding hydrogens is 348 g/mol. The van der Waals surface area contributed by atoms with E-state index < -0.39 is 0 Å². The van der Waals surface area contributed by atoms with Crippen LogP contribution in [0.3, 0.4) is 0 Å². The Morgan fingerprint density at radius 2 is 2.19 bits per heavy atom. The lowest BCUT2D eigenvalue weighted by molar-refractivity contribution is 0.102. The van der Waals surface area contributed by atoms with E-state index in [2.05, 4.69) is 27.2 Å². The van der Waals surface area contributed by atoms with Gasteiger partial charge in [0.15, 0.2) is 10.8 Å². The number of likely N-dealkylation sites (N-methyl/N-ethyl adjacent to an activating group) is 1. The molecule has 8 heteroatoms. The van der Waals surface area contributed by atoms with E-state index in [0.29, 0.717) is 17.4 Å². The van der Waals surface area contributed by atoms with Crippen LogP contribution < -0.4 is 5.32 Å². The Labute approximate surface area is 156 Å². The van der Waals surface area contributed by atoms with E-state index in [-0.39, 0.29) is 5.91 Å². The van der Waals surface area contributed by atoms with Crippen molar-refractivity contribution in [2.75, 3.05) is 33.0 Å². The minimum Gasteiger partial charge on any atom is -0.304 e. The first-order valence-corrected chi connectivity index (χ1v) is 9.42. The molecule has 3 aromatic rings. The minimum atomic E-state index is -0.204. The number of aromatic nitrogens is 3. The Hall–Kier alpha value is -2.29. The molecule has 0 aliphatic carbocycles. The van der Waals surface area contributed by atoms with Crippen LogP contribution >= 0.6 is 11.3 Å². The maximum Gasteiger partial charge on any atom is 0.278 e. The number of thiazole rings is 1. The molecule has 0 saturated carbocycles. The van der Waals surface area contributed by atoms with Gasteiger partial charge in [-0.05, 0) is 33.3 Å². The number of nitrogens with zero attached hydrogens (tertiary/aromatic N) is 5. The number of pyridine rings is 1. The van der Waals surface area contributed by atoms with Crippen LogP contribution in [0.5, 0.6) is 0 Å². The molecule has 1 N–H and O–H groups in total. The third kappa shape index (κ3) is 3.23. The van der Waals surface area contributed by atoms with Crippen molar-refractivity contribution >= 4 is 28.0 Å². The summed E-state index contributed by atoms with van der Waals surface area (Å²) < 4.78 is 1.97. The molecule has 4 heterocycles. The molecule has 0 radical (unpaired) electrons. The Morgan fingerprint density at radius 3 is 3.00 bits per heavy atom. The zero-order valence-corrected chi connectivity index (χ0v) is 16.0. The van der Waals surface area contributed by atoms with Gasteiger partial charge < -0.3 is 14.2 Å². The number of hydrogen-bond acceptors (Lipinski definition) is 6. The number of anilines is 1. The maximum absolute atomic E-state index is 12.9. The molecule has 136 valence electrons. The number of carbonyl (C=O) groups is 1. The van der Waals surface area contributed by atoms with Crippen molar-refractivity contribution in [1.82, 2.24) is 24.2 Å². The van der Waals surface area contributed by atoms with Gasteiger partial charge in [-0.2, -0.15) is 0 Å². The van der Waals surface area contributed by atoms with Gasteiger partial charge in [0.25, 0.3) is 5.91 Å². The summed E-state index contributed by atoms with van der Waals surface area (Å²) in [4.78, 5) is 27.6. The Bertz CT molecular complexity index is 960. The highest BCUT2D eigenvalue weighted by molar-refractivity contribution is 7.15. The van der Waals surface area contributed by atoms with Gasteiger partial charge in [-0.1, -0.05) is 6.07 Å². The average molecular weight is 370 g/mol. The molecule has 1 aliphatic rings. The van der Waals surface area contributed by atoms with Gasteiger partial charge in [0.05, 0.1) is 11.4 Å². The smallest absolute Gasteiger partial charge is 0.278 e. The van der Waals surface area contributed by atoms with E-state index in [0.717, 1.165) is 36.5 Å². The molecule has 0 aromatic carbocycles. The van der Waals surface area contributed by atoms with Crippen LogP contribution in [0.1, 0.15) is 26.8 Å². The zero-order valence-electron chi connectivity index (χ0n) is 15.2. The molecule has 4 rings (SSSR count). The summed E-state index contributed by atoms with van der Waals surface area (Å²) in [5.74, 6) is -0.204. The lowest BCUT2D eigenvalue weighted by Gasteiger charge is -2.20. The summed E-state index contributed by atoms with van der Waals surface area (Å²) in [6.45, 7) is 2.53. The summed E-state index contributed by atoms with van der Waals surface area (Å²) in [5.41, 5.74) is 3.21. The topological polar surface area (TPSA) is 65.8 Å². The van der Waals surface area contributed by atoms with E-state index in [9.17, 15) is 4.79 Å². The molecule has 0 atom stereocenters. The maximum atomic E-state index is 12.9. The number of nitrogens with one attached hydrogen (secondary N) is 1. The molecule has 0 spiro atoms. The van der Waals surface area contributed by atoms with Crippen LogP contribution in [0.4, 0.5) is 5.13 Å². The third-order valence-electron chi connectivity index (χ3n) is 4.45. The molecule has 1 aliphatic heterocycles. The van der Waals surface area contributed by atoms with Crippen LogP contribution in [-0.4, -0.2) is 57.8 Å². The van der Waals surface area contributed by atoms with Gasteiger partial charge in [0.1, 0.15) is 5.65 Å². The summed E-state index contributed by atoms with van der Waals surface area (Å²) >= 11 is 1.56. The largest absolute Gasteiger partial charge is 0.304 e. The van der Waals surface area contributed by atoms with Crippen molar-refractivity contribution in [3.8, 4) is 0 Å². The number of carbonyl (C=O) groups excluding carboxylic acids is 1. The van der Waals surface area contributed by atoms with Crippen LogP contribution in [0.15, 0.2) is 24.4 Å². The second-order valence-electron chi connectivity index (χ2n) is 6.90. The van der Waals surface area contributed by atoms with Crippen molar-refractivity contribution in [3.05, 3.63) is 46.4 Å². The highest BCUT2D eigenvalue weighted by Crippen LogP contribution is 2.28. The third-order valence-corrected chi connectivity index (χ3v) is 5.45. The highest BCUT2D eigenvalue weighted by atomic mass is 32.1. The van der Waals surface area contributed by atoms with Gasteiger partial charge in [0.2, 0.25) is 0 Å². The SMILES string of the molecule is CN(C)Cc1c(C(=O)Nc2nc3c(s2)CN(C)CC3)nc2ccccn12. The van der Waals surface area contributed by atoms with Gasteiger partial charge in [-0.15, -0.1) is 11.3 Å². The Morgan fingerprint density at radius 1 is 1.35 bits per heavy atom. The second kappa shape index (κ2) is 6.79. The van der Waals surface area contributed by atoms with E-state index >= 15 is 0 Å². The van der Waals surface area contributed by atoms with E-state index in [1.165, 1.54) is 4.88 Å². The molecule has 7 nitrogen and oxygen atoms in total. The van der Waals surface area contributed by atoms with Crippen LogP contribution in [-0.2, 0) is 19.5 Å². The first kappa shape index (κ1) is 17.1. The fourth-order valence-corrected chi connectivity index (χ4v) is 4.30.